The van der Waals surface area contributed by atoms with Crippen LogP contribution in [-0.2, 0) is 6.54 Å². The molecule has 1 fully saturated rings. The number of primary amides is 1. The highest BCUT2D eigenvalue weighted by Crippen LogP contribution is 2.33. The van der Waals surface area contributed by atoms with E-state index in [-0.39, 0.29) is 0 Å². The third kappa shape index (κ3) is 3.99. The number of aromatic nitrogens is 1. The summed E-state index contributed by atoms with van der Waals surface area (Å²) in [5.74, 6) is 0.537. The summed E-state index contributed by atoms with van der Waals surface area (Å²) in [5.41, 5.74) is 15.3. The van der Waals surface area contributed by atoms with Gasteiger partial charge in [-0.15, -0.1) is 11.3 Å². The molecule has 5 nitrogen and oxygen atoms in total. The molecule has 1 aromatic heterocycles. The highest BCUT2D eigenvalue weighted by molar-refractivity contribution is 7.13. The van der Waals surface area contributed by atoms with Crippen LogP contribution in [0.5, 0.6) is 0 Å². The lowest BCUT2D eigenvalue weighted by atomic mass is 9.89. The van der Waals surface area contributed by atoms with E-state index in [0.717, 1.165) is 35.9 Å². The molecule has 0 aliphatic carbocycles. The molecular formula is C22H24N4OS. The molecule has 0 unspecified atom stereocenters. The van der Waals surface area contributed by atoms with Crippen LogP contribution in [-0.4, -0.2) is 35.4 Å². The van der Waals surface area contributed by atoms with E-state index >= 15 is 0 Å². The van der Waals surface area contributed by atoms with Crippen molar-refractivity contribution in [2.45, 2.75) is 12.5 Å². The number of likely N-dealkylation sites (tertiary alicyclic amines) is 1. The zero-order valence-electron chi connectivity index (χ0n) is 15.6. The molecule has 1 aliphatic heterocycles. The fourth-order valence-electron chi connectivity index (χ4n) is 3.92. The highest BCUT2D eigenvalue weighted by Gasteiger charge is 2.32. The minimum Gasteiger partial charge on any atom is -0.366 e. The molecule has 4 rings (SSSR count). The predicted molar refractivity (Wildman–Crippen MR) is 113 cm³/mol. The second-order valence-electron chi connectivity index (χ2n) is 7.29. The summed E-state index contributed by atoms with van der Waals surface area (Å²) in [4.78, 5) is 18.5. The van der Waals surface area contributed by atoms with Gasteiger partial charge in [-0.05, 0) is 30.2 Å². The summed E-state index contributed by atoms with van der Waals surface area (Å²) in [5, 5.41) is 3.07. The Kier molecular flexibility index (Phi) is 5.52. The molecule has 0 spiro atoms. The number of nitrogens with two attached hydrogens (primary N) is 2. The van der Waals surface area contributed by atoms with Gasteiger partial charge in [0.05, 0.1) is 5.69 Å². The normalized spacial score (nSPS) is 19.8. The van der Waals surface area contributed by atoms with Gasteiger partial charge in [0.25, 0.3) is 0 Å². The summed E-state index contributed by atoms with van der Waals surface area (Å²) in [6, 6.07) is 17.9. The third-order valence-electron chi connectivity index (χ3n) is 5.40. The Labute approximate surface area is 169 Å². The number of benzene rings is 2. The van der Waals surface area contributed by atoms with Crippen LogP contribution in [0, 0.1) is 5.92 Å². The van der Waals surface area contributed by atoms with Crippen LogP contribution in [0.3, 0.4) is 0 Å². The molecule has 2 atom stereocenters. The Morgan fingerprint density at radius 2 is 1.86 bits per heavy atom. The Hall–Kier alpha value is -2.54. The van der Waals surface area contributed by atoms with E-state index in [9.17, 15) is 4.79 Å². The largest absolute Gasteiger partial charge is 0.366 e. The number of carbonyl (C=O) groups is 1. The van der Waals surface area contributed by atoms with Gasteiger partial charge >= 0.3 is 0 Å². The van der Waals surface area contributed by atoms with Crippen molar-refractivity contribution in [2.24, 2.45) is 17.4 Å². The zero-order valence-corrected chi connectivity index (χ0v) is 16.4. The van der Waals surface area contributed by atoms with Gasteiger partial charge in [0.2, 0.25) is 5.91 Å². The summed E-state index contributed by atoms with van der Waals surface area (Å²) in [6.07, 6.45) is 0. The minimum absolute atomic E-state index is 0.414. The fourth-order valence-corrected chi connectivity index (χ4v) is 4.74. The van der Waals surface area contributed by atoms with Crippen LogP contribution >= 0.6 is 11.3 Å². The Bertz CT molecular complexity index is 939. The van der Waals surface area contributed by atoms with Gasteiger partial charge < -0.3 is 11.5 Å². The first-order chi connectivity index (χ1) is 13.6. The molecule has 28 heavy (non-hydrogen) atoms. The first kappa shape index (κ1) is 18.8. The maximum Gasteiger partial charge on any atom is 0.248 e. The molecule has 0 saturated carbocycles. The van der Waals surface area contributed by atoms with Crippen molar-refractivity contribution in [3.05, 3.63) is 76.8 Å². The van der Waals surface area contributed by atoms with Crippen LogP contribution in [0.25, 0.3) is 10.6 Å². The Morgan fingerprint density at radius 3 is 2.54 bits per heavy atom. The SMILES string of the molecule is NC[C@H]1CN(Cc2csc(-c3ccc(C(N)=O)cc3)n2)C[C@@H]1c1ccccc1. The highest BCUT2D eigenvalue weighted by atomic mass is 32.1. The quantitative estimate of drug-likeness (QED) is 0.675. The van der Waals surface area contributed by atoms with Gasteiger partial charge in [-0.2, -0.15) is 0 Å². The summed E-state index contributed by atoms with van der Waals surface area (Å²) >= 11 is 1.63. The van der Waals surface area contributed by atoms with Crippen LogP contribution < -0.4 is 11.5 Å². The topological polar surface area (TPSA) is 85.2 Å². The Balaban J connectivity index is 1.44. The number of hydrogen-bond acceptors (Lipinski definition) is 5. The average Bonchev–Trinajstić information content (AvgIpc) is 3.36. The molecule has 1 saturated heterocycles. The average molecular weight is 393 g/mol. The lowest BCUT2D eigenvalue weighted by Gasteiger charge is -2.16. The van der Waals surface area contributed by atoms with E-state index in [0.29, 0.717) is 23.9 Å². The molecular weight excluding hydrogens is 368 g/mol. The monoisotopic (exact) mass is 392 g/mol. The summed E-state index contributed by atoms with van der Waals surface area (Å²) in [6.45, 7) is 3.53. The van der Waals surface area contributed by atoms with E-state index in [2.05, 4.69) is 40.6 Å². The van der Waals surface area contributed by atoms with E-state index in [1.807, 2.05) is 12.1 Å². The first-order valence-corrected chi connectivity index (χ1v) is 10.3. The van der Waals surface area contributed by atoms with Crippen LogP contribution in [0.2, 0.25) is 0 Å². The van der Waals surface area contributed by atoms with E-state index in [1.54, 1.807) is 23.5 Å². The molecule has 2 heterocycles. The molecule has 0 radical (unpaired) electrons. The van der Waals surface area contributed by atoms with Crippen molar-refractivity contribution < 1.29 is 4.79 Å². The fraction of sp³-hybridized carbons (Fsp3) is 0.273. The standard InChI is InChI=1S/C22H24N4OS/c23-10-18-11-26(13-20(18)15-4-2-1-3-5-15)12-19-14-28-22(25-19)17-8-6-16(7-9-17)21(24)27/h1-9,14,18,20H,10-13,23H2,(H2,24,27)/t18-,20+/m0/s1. The van der Waals surface area contributed by atoms with Crippen LogP contribution in [0.15, 0.2) is 60.0 Å². The van der Waals surface area contributed by atoms with Gasteiger partial charge in [-0.1, -0.05) is 42.5 Å². The zero-order chi connectivity index (χ0) is 19.5. The number of amides is 1. The van der Waals surface area contributed by atoms with Gasteiger partial charge in [-0.25, -0.2) is 4.98 Å². The van der Waals surface area contributed by atoms with Crippen LogP contribution in [0.4, 0.5) is 0 Å². The van der Waals surface area contributed by atoms with E-state index < -0.39 is 5.91 Å². The smallest absolute Gasteiger partial charge is 0.248 e. The lowest BCUT2D eigenvalue weighted by Crippen LogP contribution is -2.23. The first-order valence-electron chi connectivity index (χ1n) is 9.46. The number of hydrogen-bond donors (Lipinski definition) is 2. The van der Waals surface area contributed by atoms with E-state index in [4.69, 9.17) is 16.5 Å². The molecule has 1 amide bonds. The molecule has 0 bridgehead atoms. The molecule has 2 aromatic carbocycles. The number of carbonyl (C=O) groups excluding carboxylic acids is 1. The molecule has 3 aromatic rings. The van der Waals surface area contributed by atoms with Crippen molar-refractivity contribution in [3.8, 4) is 10.6 Å². The third-order valence-corrected chi connectivity index (χ3v) is 6.34. The van der Waals surface area contributed by atoms with Crippen molar-refractivity contribution >= 4 is 17.2 Å². The molecule has 6 heteroatoms. The number of thiazole rings is 1. The second kappa shape index (κ2) is 8.22. The van der Waals surface area contributed by atoms with Gasteiger partial charge in [0.1, 0.15) is 5.01 Å². The lowest BCUT2D eigenvalue weighted by molar-refractivity contribution is 0.100. The number of nitrogens with zero attached hydrogens (tertiary/aromatic N) is 2. The molecule has 1 aliphatic rings. The van der Waals surface area contributed by atoms with Gasteiger partial charge in [0.15, 0.2) is 0 Å². The predicted octanol–water partition coefficient (Wildman–Crippen LogP) is 3.08. The van der Waals surface area contributed by atoms with Gasteiger partial charge in [-0.3, -0.25) is 9.69 Å². The van der Waals surface area contributed by atoms with Crippen molar-refractivity contribution in [1.82, 2.24) is 9.88 Å². The van der Waals surface area contributed by atoms with Crippen molar-refractivity contribution in [3.63, 3.8) is 0 Å². The maximum absolute atomic E-state index is 11.2. The maximum atomic E-state index is 11.2. The van der Waals surface area contributed by atoms with Crippen molar-refractivity contribution in [2.75, 3.05) is 19.6 Å². The second-order valence-corrected chi connectivity index (χ2v) is 8.15. The van der Waals surface area contributed by atoms with Crippen molar-refractivity contribution in [1.29, 1.82) is 0 Å². The molecule has 4 N–H and O–H groups in total. The summed E-state index contributed by atoms with van der Waals surface area (Å²) < 4.78 is 0. The summed E-state index contributed by atoms with van der Waals surface area (Å²) in [7, 11) is 0. The Morgan fingerprint density at radius 1 is 1.11 bits per heavy atom. The van der Waals surface area contributed by atoms with E-state index in [1.165, 1.54) is 5.56 Å². The van der Waals surface area contributed by atoms with Crippen LogP contribution in [0.1, 0.15) is 27.5 Å². The molecule has 144 valence electrons. The minimum atomic E-state index is -0.414. The van der Waals surface area contributed by atoms with Gasteiger partial charge in [0, 0.05) is 42.1 Å². The number of rotatable bonds is 6.